The van der Waals surface area contributed by atoms with Crippen LogP contribution >= 0.6 is 0 Å². The number of rotatable bonds is 3. The van der Waals surface area contributed by atoms with Crippen molar-refractivity contribution < 1.29 is 9.47 Å². The Kier molecular flexibility index (Phi) is 3.73. The summed E-state index contributed by atoms with van der Waals surface area (Å²) in [6.07, 6.45) is 2.88. The lowest BCUT2D eigenvalue weighted by molar-refractivity contribution is 0.353. The molecule has 0 bridgehead atoms. The average Bonchev–Trinajstić information content (AvgIpc) is 2.66. The van der Waals surface area contributed by atoms with Crippen LogP contribution in [0, 0.1) is 0 Å². The van der Waals surface area contributed by atoms with E-state index in [-0.39, 0.29) is 0 Å². The number of nitrogens with zero attached hydrogens (tertiary/aromatic N) is 2. The highest BCUT2D eigenvalue weighted by molar-refractivity contribution is 5.91. The van der Waals surface area contributed by atoms with Crippen LogP contribution in [0.5, 0.6) is 11.5 Å². The molecule has 0 fully saturated rings. The molecule has 0 atom stereocenters. The summed E-state index contributed by atoms with van der Waals surface area (Å²) in [4.78, 5) is 6.88. The van der Waals surface area contributed by atoms with Crippen molar-refractivity contribution in [3.05, 3.63) is 59.8 Å². The van der Waals surface area contributed by atoms with Crippen LogP contribution < -0.4 is 14.4 Å². The molecule has 2 aromatic carbocycles. The first-order valence-corrected chi connectivity index (χ1v) is 8.12. The minimum atomic E-state index is 0.790. The second kappa shape index (κ2) is 6.04. The van der Waals surface area contributed by atoms with Gasteiger partial charge in [-0.2, -0.15) is 0 Å². The summed E-state index contributed by atoms with van der Waals surface area (Å²) >= 11 is 0. The smallest absolute Gasteiger partial charge is 0.161 e. The molecule has 4 rings (SSSR count). The summed E-state index contributed by atoms with van der Waals surface area (Å²) in [7, 11) is 3.36. The first-order chi connectivity index (χ1) is 11.8. The fourth-order valence-corrected chi connectivity index (χ4v) is 3.45. The van der Waals surface area contributed by atoms with Gasteiger partial charge >= 0.3 is 0 Å². The van der Waals surface area contributed by atoms with Gasteiger partial charge in [0.05, 0.1) is 19.7 Å². The molecule has 1 aliphatic rings. The number of benzene rings is 2. The Hall–Kier alpha value is -2.75. The topological polar surface area (TPSA) is 34.6 Å². The first kappa shape index (κ1) is 14.8. The van der Waals surface area contributed by atoms with Gasteiger partial charge in [-0.15, -0.1) is 0 Å². The molecule has 0 unspecified atom stereocenters. The van der Waals surface area contributed by atoms with Crippen molar-refractivity contribution in [3.63, 3.8) is 0 Å². The molecule has 3 aromatic rings. The monoisotopic (exact) mass is 320 g/mol. The summed E-state index contributed by atoms with van der Waals surface area (Å²) < 4.78 is 10.9. The Balaban J connectivity index is 1.73. The summed E-state index contributed by atoms with van der Waals surface area (Å²) in [5.41, 5.74) is 4.90. The Labute approximate surface area is 141 Å². The highest BCUT2D eigenvalue weighted by atomic mass is 16.5. The van der Waals surface area contributed by atoms with Crippen LogP contribution in [0.1, 0.15) is 11.1 Å². The number of pyridine rings is 1. The molecule has 0 saturated carbocycles. The number of fused-ring (bicyclic) bond motifs is 2. The molecule has 0 spiro atoms. The molecule has 24 heavy (non-hydrogen) atoms. The van der Waals surface area contributed by atoms with E-state index in [1.54, 1.807) is 14.2 Å². The summed E-state index contributed by atoms with van der Waals surface area (Å²) in [5, 5.41) is 1.20. The van der Waals surface area contributed by atoms with E-state index in [0.29, 0.717) is 0 Å². The van der Waals surface area contributed by atoms with Crippen LogP contribution in [-0.2, 0) is 13.0 Å². The number of hydrogen-bond donors (Lipinski definition) is 0. The standard InChI is InChI=1S/C20H20N2O2/c1-23-19-11-14-8-10-22(13-15(14)12-20(19)24-2)18-7-9-21-17-6-4-3-5-16(17)18/h3-7,9,11-12H,8,10,13H2,1-2H3. The molecule has 2 heterocycles. The lowest BCUT2D eigenvalue weighted by atomic mass is 9.98. The SMILES string of the molecule is COc1cc2c(cc1OC)CN(c1ccnc3ccccc13)CC2. The van der Waals surface area contributed by atoms with Gasteiger partial charge in [-0.1, -0.05) is 18.2 Å². The van der Waals surface area contributed by atoms with Crippen LogP contribution in [0.3, 0.4) is 0 Å². The maximum absolute atomic E-state index is 5.46. The molecule has 0 N–H and O–H groups in total. The van der Waals surface area contributed by atoms with E-state index in [1.807, 2.05) is 12.3 Å². The second-order valence-corrected chi connectivity index (χ2v) is 5.99. The van der Waals surface area contributed by atoms with Crippen molar-refractivity contribution in [2.75, 3.05) is 25.7 Å². The molecule has 1 aliphatic heterocycles. The molecule has 4 nitrogen and oxygen atoms in total. The number of aromatic nitrogens is 1. The van der Waals surface area contributed by atoms with Crippen molar-refractivity contribution in [2.45, 2.75) is 13.0 Å². The maximum Gasteiger partial charge on any atom is 0.161 e. The van der Waals surface area contributed by atoms with Crippen LogP contribution in [0.2, 0.25) is 0 Å². The quantitative estimate of drug-likeness (QED) is 0.735. The molecular formula is C20H20N2O2. The van der Waals surface area contributed by atoms with Gasteiger partial charge in [0.1, 0.15) is 0 Å². The average molecular weight is 320 g/mol. The third kappa shape index (κ3) is 2.44. The molecular weight excluding hydrogens is 300 g/mol. The molecule has 4 heteroatoms. The van der Waals surface area contributed by atoms with Crippen molar-refractivity contribution in [3.8, 4) is 11.5 Å². The van der Waals surface area contributed by atoms with Crippen molar-refractivity contribution in [1.82, 2.24) is 4.98 Å². The van der Waals surface area contributed by atoms with E-state index in [1.165, 1.54) is 22.2 Å². The van der Waals surface area contributed by atoms with Gasteiger partial charge in [0.15, 0.2) is 11.5 Å². The minimum absolute atomic E-state index is 0.790. The van der Waals surface area contributed by atoms with Crippen LogP contribution in [0.25, 0.3) is 10.9 Å². The number of ether oxygens (including phenoxy) is 2. The third-order valence-corrected chi connectivity index (χ3v) is 4.68. The number of hydrogen-bond acceptors (Lipinski definition) is 4. The minimum Gasteiger partial charge on any atom is -0.493 e. The Morgan fingerprint density at radius 1 is 0.958 bits per heavy atom. The summed E-state index contributed by atoms with van der Waals surface area (Å²) in [6.45, 7) is 1.85. The van der Waals surface area contributed by atoms with Crippen molar-refractivity contribution in [2.24, 2.45) is 0 Å². The Morgan fingerprint density at radius 3 is 2.50 bits per heavy atom. The second-order valence-electron chi connectivity index (χ2n) is 5.99. The van der Waals surface area contributed by atoms with Gasteiger partial charge in [0.25, 0.3) is 0 Å². The summed E-state index contributed by atoms with van der Waals surface area (Å²) in [5.74, 6) is 1.59. The zero-order chi connectivity index (χ0) is 16.5. The number of methoxy groups -OCH3 is 2. The molecule has 1 aromatic heterocycles. The maximum atomic E-state index is 5.46. The highest BCUT2D eigenvalue weighted by Gasteiger charge is 2.20. The number of para-hydroxylation sites is 1. The lowest BCUT2D eigenvalue weighted by Crippen LogP contribution is -2.30. The molecule has 0 saturated heterocycles. The predicted octanol–water partition coefficient (Wildman–Crippen LogP) is 3.81. The zero-order valence-corrected chi connectivity index (χ0v) is 14.0. The zero-order valence-electron chi connectivity index (χ0n) is 14.0. The van der Waals surface area contributed by atoms with Gasteiger partial charge < -0.3 is 14.4 Å². The van der Waals surface area contributed by atoms with E-state index >= 15 is 0 Å². The van der Waals surface area contributed by atoms with Crippen molar-refractivity contribution in [1.29, 1.82) is 0 Å². The van der Waals surface area contributed by atoms with Gasteiger partial charge in [-0.25, -0.2) is 0 Å². The molecule has 0 radical (unpaired) electrons. The van der Waals surface area contributed by atoms with Gasteiger partial charge in [0.2, 0.25) is 0 Å². The summed E-state index contributed by atoms with van der Waals surface area (Å²) in [6, 6.07) is 14.6. The van der Waals surface area contributed by atoms with E-state index in [2.05, 4.69) is 46.3 Å². The van der Waals surface area contributed by atoms with Gasteiger partial charge in [-0.3, -0.25) is 4.98 Å². The van der Waals surface area contributed by atoms with E-state index in [0.717, 1.165) is 36.5 Å². The van der Waals surface area contributed by atoms with E-state index in [4.69, 9.17) is 9.47 Å². The van der Waals surface area contributed by atoms with Gasteiger partial charge in [-0.05, 0) is 41.8 Å². The lowest BCUT2D eigenvalue weighted by Gasteiger charge is -2.32. The van der Waals surface area contributed by atoms with Gasteiger partial charge in [0, 0.05) is 30.4 Å². The fraction of sp³-hybridized carbons (Fsp3) is 0.250. The van der Waals surface area contributed by atoms with Crippen LogP contribution in [-0.4, -0.2) is 25.7 Å². The van der Waals surface area contributed by atoms with Crippen molar-refractivity contribution >= 4 is 16.6 Å². The molecule has 0 amide bonds. The molecule has 0 aliphatic carbocycles. The number of anilines is 1. The van der Waals surface area contributed by atoms with Crippen LogP contribution in [0.15, 0.2) is 48.7 Å². The Morgan fingerprint density at radius 2 is 1.71 bits per heavy atom. The normalized spacial score (nSPS) is 13.7. The molecule has 122 valence electrons. The largest absolute Gasteiger partial charge is 0.493 e. The highest BCUT2D eigenvalue weighted by Crippen LogP contribution is 2.35. The van der Waals surface area contributed by atoms with E-state index in [9.17, 15) is 0 Å². The van der Waals surface area contributed by atoms with E-state index < -0.39 is 0 Å². The fourth-order valence-electron chi connectivity index (χ4n) is 3.45. The Bertz CT molecular complexity index is 887. The first-order valence-electron chi connectivity index (χ1n) is 8.12. The van der Waals surface area contributed by atoms with Crippen LogP contribution in [0.4, 0.5) is 5.69 Å². The third-order valence-electron chi connectivity index (χ3n) is 4.68. The predicted molar refractivity (Wildman–Crippen MR) is 96.0 cm³/mol.